The summed E-state index contributed by atoms with van der Waals surface area (Å²) in [6.07, 6.45) is 3.47. The monoisotopic (exact) mass is 268 g/mol. The SMILES string of the molecule is CC(C)COC1CC(NCc2cncs2)C1(C)C. The molecule has 18 heavy (non-hydrogen) atoms. The summed E-state index contributed by atoms with van der Waals surface area (Å²) in [5.41, 5.74) is 2.12. The Bertz CT molecular complexity index is 362. The molecule has 1 aromatic heterocycles. The summed E-state index contributed by atoms with van der Waals surface area (Å²) in [5, 5.41) is 3.62. The van der Waals surface area contributed by atoms with Gasteiger partial charge in [0.15, 0.2) is 0 Å². The van der Waals surface area contributed by atoms with E-state index in [9.17, 15) is 0 Å². The summed E-state index contributed by atoms with van der Waals surface area (Å²) >= 11 is 1.71. The molecule has 1 fully saturated rings. The first-order valence-electron chi connectivity index (χ1n) is 6.72. The molecule has 1 saturated carbocycles. The van der Waals surface area contributed by atoms with E-state index in [0.29, 0.717) is 18.1 Å². The van der Waals surface area contributed by atoms with E-state index in [1.165, 1.54) is 4.88 Å². The number of rotatable bonds is 6. The van der Waals surface area contributed by atoms with Crippen LogP contribution in [0.3, 0.4) is 0 Å². The predicted octanol–water partition coefficient (Wildman–Crippen LogP) is 3.07. The van der Waals surface area contributed by atoms with Crippen molar-refractivity contribution in [1.29, 1.82) is 0 Å². The Labute approximate surface area is 114 Å². The first-order chi connectivity index (χ1) is 8.50. The van der Waals surface area contributed by atoms with Gasteiger partial charge in [0.05, 0.1) is 11.6 Å². The van der Waals surface area contributed by atoms with Crippen LogP contribution in [0.15, 0.2) is 11.7 Å². The summed E-state index contributed by atoms with van der Waals surface area (Å²) < 4.78 is 5.97. The standard InChI is InChI=1S/C14H24N2OS/c1-10(2)8-17-13-5-12(14(13,3)4)16-7-11-6-15-9-18-11/h6,9-10,12-13,16H,5,7-8H2,1-4H3. The van der Waals surface area contributed by atoms with Gasteiger partial charge in [0.2, 0.25) is 0 Å². The highest BCUT2D eigenvalue weighted by Crippen LogP contribution is 2.43. The van der Waals surface area contributed by atoms with Gasteiger partial charge >= 0.3 is 0 Å². The molecular formula is C14H24N2OS. The Morgan fingerprint density at radius 3 is 2.89 bits per heavy atom. The zero-order valence-corrected chi connectivity index (χ0v) is 12.6. The molecule has 0 aliphatic heterocycles. The van der Waals surface area contributed by atoms with Crippen molar-refractivity contribution in [2.75, 3.05) is 6.61 Å². The van der Waals surface area contributed by atoms with Gasteiger partial charge in [-0.2, -0.15) is 0 Å². The minimum Gasteiger partial charge on any atom is -0.377 e. The molecule has 3 nitrogen and oxygen atoms in total. The molecule has 0 aromatic carbocycles. The van der Waals surface area contributed by atoms with Gasteiger partial charge in [-0.05, 0) is 12.3 Å². The number of nitrogens with one attached hydrogen (secondary N) is 1. The largest absolute Gasteiger partial charge is 0.377 e. The van der Waals surface area contributed by atoms with E-state index in [2.05, 4.69) is 38.0 Å². The first kappa shape index (κ1) is 14.0. The fraction of sp³-hybridized carbons (Fsp3) is 0.786. The Morgan fingerprint density at radius 2 is 2.33 bits per heavy atom. The third-order valence-corrected chi connectivity index (χ3v) is 4.59. The lowest BCUT2D eigenvalue weighted by atomic mass is 9.64. The van der Waals surface area contributed by atoms with Crippen LogP contribution < -0.4 is 5.32 Å². The molecule has 0 bridgehead atoms. The van der Waals surface area contributed by atoms with Crippen molar-refractivity contribution < 1.29 is 4.74 Å². The average Bonchev–Trinajstić information content (AvgIpc) is 2.79. The predicted molar refractivity (Wildman–Crippen MR) is 75.7 cm³/mol. The minimum absolute atomic E-state index is 0.236. The number of aromatic nitrogens is 1. The van der Waals surface area contributed by atoms with Gasteiger partial charge in [-0.3, -0.25) is 4.98 Å². The van der Waals surface area contributed by atoms with E-state index >= 15 is 0 Å². The first-order valence-corrected chi connectivity index (χ1v) is 7.60. The van der Waals surface area contributed by atoms with Crippen LogP contribution >= 0.6 is 11.3 Å². The zero-order valence-electron chi connectivity index (χ0n) is 11.8. The molecule has 2 unspecified atom stereocenters. The van der Waals surface area contributed by atoms with Crippen molar-refractivity contribution in [3.05, 3.63) is 16.6 Å². The van der Waals surface area contributed by atoms with E-state index in [1.807, 2.05) is 11.7 Å². The van der Waals surface area contributed by atoms with Gasteiger partial charge in [-0.15, -0.1) is 11.3 Å². The molecular weight excluding hydrogens is 244 g/mol. The van der Waals surface area contributed by atoms with Crippen molar-refractivity contribution in [3.63, 3.8) is 0 Å². The van der Waals surface area contributed by atoms with Crippen LogP contribution in [0.25, 0.3) is 0 Å². The van der Waals surface area contributed by atoms with Crippen molar-refractivity contribution in [2.45, 2.75) is 52.8 Å². The van der Waals surface area contributed by atoms with Crippen LogP contribution in [0.5, 0.6) is 0 Å². The topological polar surface area (TPSA) is 34.1 Å². The summed E-state index contributed by atoms with van der Waals surface area (Å²) in [6.45, 7) is 10.8. The fourth-order valence-corrected chi connectivity index (χ4v) is 2.92. The fourth-order valence-electron chi connectivity index (χ4n) is 2.38. The van der Waals surface area contributed by atoms with Crippen molar-refractivity contribution >= 4 is 11.3 Å². The van der Waals surface area contributed by atoms with E-state index in [1.54, 1.807) is 11.3 Å². The molecule has 0 radical (unpaired) electrons. The van der Waals surface area contributed by atoms with Crippen molar-refractivity contribution in [3.8, 4) is 0 Å². The highest BCUT2D eigenvalue weighted by molar-refractivity contribution is 7.09. The Kier molecular flexibility index (Phi) is 4.41. The van der Waals surface area contributed by atoms with Gasteiger partial charge < -0.3 is 10.1 Å². The van der Waals surface area contributed by atoms with Crippen LogP contribution in [0.2, 0.25) is 0 Å². The maximum atomic E-state index is 5.97. The van der Waals surface area contributed by atoms with Crippen molar-refractivity contribution in [2.24, 2.45) is 11.3 Å². The van der Waals surface area contributed by atoms with E-state index in [4.69, 9.17) is 4.74 Å². The van der Waals surface area contributed by atoms with Gasteiger partial charge in [0.25, 0.3) is 0 Å². The maximum Gasteiger partial charge on any atom is 0.0794 e. The van der Waals surface area contributed by atoms with E-state index < -0.39 is 0 Å². The Hall–Kier alpha value is -0.450. The third kappa shape index (κ3) is 3.11. The lowest BCUT2D eigenvalue weighted by molar-refractivity contribution is -0.124. The van der Waals surface area contributed by atoms with E-state index in [-0.39, 0.29) is 5.41 Å². The number of nitrogens with zero attached hydrogens (tertiary/aromatic N) is 1. The maximum absolute atomic E-state index is 5.97. The van der Waals surface area contributed by atoms with Crippen molar-refractivity contribution in [1.82, 2.24) is 10.3 Å². The zero-order chi connectivity index (χ0) is 13.2. The van der Waals surface area contributed by atoms with E-state index in [0.717, 1.165) is 19.6 Å². The summed E-state index contributed by atoms with van der Waals surface area (Å²) in [7, 11) is 0. The van der Waals surface area contributed by atoms with Crippen LogP contribution in [0.4, 0.5) is 0 Å². The average molecular weight is 268 g/mol. The molecule has 0 spiro atoms. The number of hydrogen-bond acceptors (Lipinski definition) is 4. The molecule has 1 aromatic rings. The molecule has 0 amide bonds. The lowest BCUT2D eigenvalue weighted by Gasteiger charge is -2.52. The smallest absolute Gasteiger partial charge is 0.0794 e. The van der Waals surface area contributed by atoms with Gasteiger partial charge in [0, 0.05) is 35.7 Å². The Morgan fingerprint density at radius 1 is 1.56 bits per heavy atom. The van der Waals surface area contributed by atoms with Gasteiger partial charge in [-0.25, -0.2) is 0 Å². The molecule has 1 aliphatic carbocycles. The van der Waals surface area contributed by atoms with Gasteiger partial charge in [-0.1, -0.05) is 27.7 Å². The Balaban J connectivity index is 1.76. The second-order valence-corrected chi connectivity index (χ2v) is 7.15. The molecule has 102 valence electrons. The highest BCUT2D eigenvalue weighted by Gasteiger charge is 2.48. The molecule has 2 rings (SSSR count). The molecule has 0 saturated heterocycles. The van der Waals surface area contributed by atoms with Crippen LogP contribution in [-0.4, -0.2) is 23.7 Å². The minimum atomic E-state index is 0.236. The number of ether oxygens (including phenoxy) is 1. The quantitative estimate of drug-likeness (QED) is 0.861. The lowest BCUT2D eigenvalue weighted by Crippen LogP contribution is -2.60. The van der Waals surface area contributed by atoms with Crippen LogP contribution in [0.1, 0.15) is 39.0 Å². The van der Waals surface area contributed by atoms with Crippen LogP contribution in [-0.2, 0) is 11.3 Å². The third-order valence-electron chi connectivity index (χ3n) is 3.81. The number of hydrogen-bond donors (Lipinski definition) is 1. The summed E-state index contributed by atoms with van der Waals surface area (Å²) in [4.78, 5) is 5.40. The number of thiazole rings is 1. The van der Waals surface area contributed by atoms with Gasteiger partial charge in [0.1, 0.15) is 0 Å². The second kappa shape index (κ2) is 5.68. The molecule has 1 N–H and O–H groups in total. The molecule has 1 aliphatic rings. The molecule has 4 heteroatoms. The normalized spacial score (nSPS) is 26.3. The van der Waals surface area contributed by atoms with Crippen LogP contribution in [0, 0.1) is 11.3 Å². The summed E-state index contributed by atoms with van der Waals surface area (Å²) in [5.74, 6) is 0.616. The highest BCUT2D eigenvalue weighted by atomic mass is 32.1. The second-order valence-electron chi connectivity index (χ2n) is 6.17. The molecule has 2 atom stereocenters. The summed E-state index contributed by atoms with van der Waals surface area (Å²) in [6, 6.07) is 0.553. The molecule has 1 heterocycles.